The number of aromatic nitrogens is 4. The van der Waals surface area contributed by atoms with E-state index in [1.54, 1.807) is 25.8 Å². The van der Waals surface area contributed by atoms with Gasteiger partial charge in [-0.3, -0.25) is 4.79 Å². The monoisotopic (exact) mass is 391 g/mol. The number of halogens is 3. The number of hydrogen-bond donors (Lipinski definition) is 0. The minimum atomic E-state index is -4.66. The highest BCUT2D eigenvalue weighted by Gasteiger charge is 2.37. The number of amides is 1. The summed E-state index contributed by atoms with van der Waals surface area (Å²) in [6, 6.07) is 9.44. The van der Waals surface area contributed by atoms with E-state index in [2.05, 4.69) is 15.1 Å². The molecule has 2 aromatic heterocycles. The summed E-state index contributed by atoms with van der Waals surface area (Å²) in [5, 5.41) is 3.51. The Labute approximate surface area is 160 Å². The Hall–Kier alpha value is -2.97. The third kappa shape index (κ3) is 3.69. The predicted molar refractivity (Wildman–Crippen MR) is 96.6 cm³/mol. The minimum Gasteiger partial charge on any atom is -0.339 e. The first-order valence-corrected chi connectivity index (χ1v) is 8.70. The van der Waals surface area contributed by atoms with Crippen molar-refractivity contribution < 1.29 is 18.0 Å². The molecule has 0 fully saturated rings. The summed E-state index contributed by atoms with van der Waals surface area (Å²) in [6.07, 6.45) is -4.65. The minimum absolute atomic E-state index is 0.00942. The van der Waals surface area contributed by atoms with Gasteiger partial charge in [-0.15, -0.1) is 5.10 Å². The second kappa shape index (κ2) is 7.21. The van der Waals surface area contributed by atoms with E-state index in [-0.39, 0.29) is 24.1 Å². The Morgan fingerprint density at radius 3 is 2.43 bits per heavy atom. The SMILES string of the molecule is Cc1nc2nc(C(F)(F)F)nn2c(C)c1CC(=O)N(C)C(C)c1ccccc1. The largest absolute Gasteiger partial charge is 0.453 e. The molecule has 0 saturated carbocycles. The van der Waals surface area contributed by atoms with Crippen molar-refractivity contribution in [1.29, 1.82) is 0 Å². The van der Waals surface area contributed by atoms with Crippen LogP contribution in [0.4, 0.5) is 13.2 Å². The lowest BCUT2D eigenvalue weighted by molar-refractivity contribution is -0.144. The van der Waals surface area contributed by atoms with E-state index in [0.29, 0.717) is 17.0 Å². The van der Waals surface area contributed by atoms with Crippen LogP contribution < -0.4 is 0 Å². The zero-order chi connectivity index (χ0) is 20.6. The van der Waals surface area contributed by atoms with Crippen LogP contribution in [0, 0.1) is 13.8 Å². The molecule has 6 nitrogen and oxygen atoms in total. The number of likely N-dealkylation sites (N-methyl/N-ethyl adjacent to an activating group) is 1. The Bertz CT molecular complexity index is 1010. The second-order valence-corrected chi connectivity index (χ2v) is 6.67. The third-order valence-electron chi connectivity index (χ3n) is 4.89. The van der Waals surface area contributed by atoms with E-state index in [4.69, 9.17) is 0 Å². The number of rotatable bonds is 4. The van der Waals surface area contributed by atoms with Crippen LogP contribution in [0.1, 0.15) is 41.3 Å². The summed E-state index contributed by atoms with van der Waals surface area (Å²) < 4.78 is 39.7. The highest BCUT2D eigenvalue weighted by Crippen LogP contribution is 2.27. The lowest BCUT2D eigenvalue weighted by Gasteiger charge is -2.26. The molecule has 0 aliphatic heterocycles. The number of fused-ring (bicyclic) bond motifs is 1. The van der Waals surface area contributed by atoms with Crippen LogP contribution in [0.3, 0.4) is 0 Å². The molecule has 1 aromatic carbocycles. The molecule has 0 bridgehead atoms. The predicted octanol–water partition coefficient (Wildman–Crippen LogP) is 3.52. The van der Waals surface area contributed by atoms with Gasteiger partial charge in [0.15, 0.2) is 0 Å². The maximum Gasteiger partial charge on any atom is 0.453 e. The number of carbonyl (C=O) groups is 1. The maximum atomic E-state index is 12.9. The van der Waals surface area contributed by atoms with Gasteiger partial charge in [0.1, 0.15) is 0 Å². The molecule has 1 atom stereocenters. The van der Waals surface area contributed by atoms with Gasteiger partial charge in [-0.1, -0.05) is 30.3 Å². The normalized spacial score (nSPS) is 13.0. The Morgan fingerprint density at radius 1 is 1.18 bits per heavy atom. The molecular formula is C19H20F3N5O. The molecule has 148 valence electrons. The van der Waals surface area contributed by atoms with Gasteiger partial charge in [0, 0.05) is 24.0 Å². The van der Waals surface area contributed by atoms with Crippen LogP contribution in [0.25, 0.3) is 5.78 Å². The molecule has 0 aliphatic carbocycles. The van der Waals surface area contributed by atoms with Crippen molar-refractivity contribution in [3.63, 3.8) is 0 Å². The van der Waals surface area contributed by atoms with Crippen molar-refractivity contribution in [3.05, 3.63) is 58.7 Å². The molecule has 28 heavy (non-hydrogen) atoms. The van der Waals surface area contributed by atoms with E-state index in [0.717, 1.165) is 10.1 Å². The molecule has 0 saturated heterocycles. The summed E-state index contributed by atoms with van der Waals surface area (Å²) in [4.78, 5) is 22.0. The number of alkyl halides is 3. The van der Waals surface area contributed by atoms with Crippen molar-refractivity contribution in [2.24, 2.45) is 0 Å². The van der Waals surface area contributed by atoms with E-state index in [1.165, 1.54) is 0 Å². The molecule has 0 radical (unpaired) electrons. The number of benzene rings is 1. The number of carbonyl (C=O) groups excluding carboxylic acids is 1. The summed E-state index contributed by atoms with van der Waals surface area (Å²) in [5.41, 5.74) is 2.41. The average molecular weight is 391 g/mol. The van der Waals surface area contributed by atoms with Crippen LogP contribution >= 0.6 is 0 Å². The van der Waals surface area contributed by atoms with Gasteiger partial charge >= 0.3 is 6.18 Å². The van der Waals surface area contributed by atoms with Gasteiger partial charge in [0.25, 0.3) is 11.6 Å². The molecule has 0 spiro atoms. The molecule has 9 heteroatoms. The molecule has 2 heterocycles. The van der Waals surface area contributed by atoms with Crippen LogP contribution in [0.2, 0.25) is 0 Å². The molecule has 0 aliphatic rings. The molecular weight excluding hydrogens is 371 g/mol. The topological polar surface area (TPSA) is 63.4 Å². The standard InChI is InChI=1S/C19H20F3N5O/c1-11-15(10-16(28)26(4)12(2)14-8-6-5-7-9-14)13(3)27-18(23-11)24-17(25-27)19(20,21)22/h5-9,12H,10H2,1-4H3. The fourth-order valence-corrected chi connectivity index (χ4v) is 3.03. The van der Waals surface area contributed by atoms with Crippen LogP contribution in [0.15, 0.2) is 30.3 Å². The highest BCUT2D eigenvalue weighted by molar-refractivity contribution is 5.79. The average Bonchev–Trinajstić information content (AvgIpc) is 3.09. The highest BCUT2D eigenvalue weighted by atomic mass is 19.4. The van der Waals surface area contributed by atoms with Crippen molar-refractivity contribution in [3.8, 4) is 0 Å². The molecule has 1 amide bonds. The fraction of sp³-hybridized carbons (Fsp3) is 0.368. The third-order valence-corrected chi connectivity index (χ3v) is 4.89. The van der Waals surface area contributed by atoms with Crippen LogP contribution in [0.5, 0.6) is 0 Å². The van der Waals surface area contributed by atoms with Gasteiger partial charge in [0.05, 0.1) is 12.5 Å². The Kier molecular flexibility index (Phi) is 5.10. The van der Waals surface area contributed by atoms with Gasteiger partial charge in [-0.2, -0.15) is 18.2 Å². The first-order valence-electron chi connectivity index (χ1n) is 8.70. The Morgan fingerprint density at radius 2 is 1.82 bits per heavy atom. The fourth-order valence-electron chi connectivity index (χ4n) is 3.03. The van der Waals surface area contributed by atoms with Crippen LogP contribution in [-0.4, -0.2) is 37.4 Å². The summed E-state index contributed by atoms with van der Waals surface area (Å²) in [5.74, 6) is -1.55. The summed E-state index contributed by atoms with van der Waals surface area (Å²) in [7, 11) is 1.70. The van der Waals surface area contributed by atoms with Crippen molar-refractivity contribution in [2.45, 2.75) is 39.4 Å². The quantitative estimate of drug-likeness (QED) is 0.683. The second-order valence-electron chi connectivity index (χ2n) is 6.67. The zero-order valence-electron chi connectivity index (χ0n) is 15.9. The van der Waals surface area contributed by atoms with Gasteiger partial charge < -0.3 is 4.90 Å². The smallest absolute Gasteiger partial charge is 0.339 e. The van der Waals surface area contributed by atoms with Crippen molar-refractivity contribution in [1.82, 2.24) is 24.5 Å². The van der Waals surface area contributed by atoms with Gasteiger partial charge in [0.2, 0.25) is 5.91 Å². The summed E-state index contributed by atoms with van der Waals surface area (Å²) >= 11 is 0. The van der Waals surface area contributed by atoms with E-state index >= 15 is 0 Å². The molecule has 0 N–H and O–H groups in total. The van der Waals surface area contributed by atoms with Gasteiger partial charge in [-0.05, 0) is 26.3 Å². The molecule has 1 unspecified atom stereocenters. The first-order chi connectivity index (χ1) is 13.1. The zero-order valence-corrected chi connectivity index (χ0v) is 15.9. The number of nitrogens with zero attached hydrogens (tertiary/aromatic N) is 5. The van der Waals surface area contributed by atoms with Crippen LogP contribution in [-0.2, 0) is 17.4 Å². The van der Waals surface area contributed by atoms with E-state index in [9.17, 15) is 18.0 Å². The van der Waals surface area contributed by atoms with E-state index < -0.39 is 12.0 Å². The number of aryl methyl sites for hydroxylation is 2. The molecule has 3 rings (SSSR count). The van der Waals surface area contributed by atoms with Crippen molar-refractivity contribution >= 4 is 11.7 Å². The maximum absolute atomic E-state index is 12.9. The van der Waals surface area contributed by atoms with E-state index in [1.807, 2.05) is 37.3 Å². The lowest BCUT2D eigenvalue weighted by Crippen LogP contribution is -2.31. The molecule has 3 aromatic rings. The number of hydrogen-bond acceptors (Lipinski definition) is 4. The lowest BCUT2D eigenvalue weighted by atomic mass is 10.0. The summed E-state index contributed by atoms with van der Waals surface area (Å²) in [6.45, 7) is 5.18. The van der Waals surface area contributed by atoms with Gasteiger partial charge in [-0.25, -0.2) is 9.50 Å². The van der Waals surface area contributed by atoms with Crippen molar-refractivity contribution in [2.75, 3.05) is 7.05 Å². The Balaban J connectivity index is 1.90. The first kappa shape index (κ1) is 19.8.